The van der Waals surface area contributed by atoms with Gasteiger partial charge in [-0.15, -0.1) is 0 Å². The number of rotatable bonds is 2. The van der Waals surface area contributed by atoms with Crippen LogP contribution in [0.4, 0.5) is 11.4 Å². The zero-order valence-electron chi connectivity index (χ0n) is 13.8. The molecule has 116 valence electrons. The first kappa shape index (κ1) is 15.6. The van der Waals surface area contributed by atoms with Crippen LogP contribution in [0.2, 0.25) is 0 Å². The van der Waals surface area contributed by atoms with Gasteiger partial charge < -0.3 is 5.32 Å². The van der Waals surface area contributed by atoms with Crippen LogP contribution in [0.3, 0.4) is 0 Å². The number of fused-ring (bicyclic) bond motifs is 1. The average Bonchev–Trinajstić information content (AvgIpc) is 2.47. The molecule has 0 heterocycles. The number of benzene rings is 2. The van der Waals surface area contributed by atoms with Gasteiger partial charge in [-0.05, 0) is 75.0 Å². The van der Waals surface area contributed by atoms with Crippen molar-refractivity contribution in [2.24, 2.45) is 0 Å². The lowest BCUT2D eigenvalue weighted by Crippen LogP contribution is -2.33. The molecule has 0 spiro atoms. The molecule has 0 saturated carbocycles. The van der Waals surface area contributed by atoms with Gasteiger partial charge in [0.1, 0.15) is 0 Å². The summed E-state index contributed by atoms with van der Waals surface area (Å²) in [5, 5.41) is 3.54. The van der Waals surface area contributed by atoms with Gasteiger partial charge in [-0.3, -0.25) is 0 Å². The van der Waals surface area contributed by atoms with E-state index in [2.05, 4.69) is 85.3 Å². The van der Waals surface area contributed by atoms with E-state index >= 15 is 0 Å². The van der Waals surface area contributed by atoms with Gasteiger partial charge in [0, 0.05) is 10.2 Å². The minimum Gasteiger partial charge on any atom is -0.355 e. The Balaban J connectivity index is 2.01. The van der Waals surface area contributed by atoms with Crippen LogP contribution in [0, 0.1) is 0 Å². The lowest BCUT2D eigenvalue weighted by Gasteiger charge is -2.42. The molecule has 0 aromatic heterocycles. The van der Waals surface area contributed by atoms with Crippen LogP contribution in [-0.4, -0.2) is 0 Å². The van der Waals surface area contributed by atoms with Crippen LogP contribution in [0.15, 0.2) is 46.9 Å². The Labute approximate surface area is 142 Å². The molecule has 0 aliphatic heterocycles. The molecule has 0 fully saturated rings. The van der Waals surface area contributed by atoms with Crippen molar-refractivity contribution in [3.63, 3.8) is 0 Å². The van der Waals surface area contributed by atoms with E-state index in [1.807, 2.05) is 6.07 Å². The minimum absolute atomic E-state index is 0.246. The average molecular weight is 358 g/mol. The van der Waals surface area contributed by atoms with E-state index in [-0.39, 0.29) is 10.8 Å². The number of halogens is 1. The molecule has 1 nitrogen and oxygen atoms in total. The Morgan fingerprint density at radius 3 is 2.18 bits per heavy atom. The summed E-state index contributed by atoms with van der Waals surface area (Å²) < 4.78 is 1.09. The molecule has 0 unspecified atom stereocenters. The highest BCUT2D eigenvalue weighted by atomic mass is 79.9. The molecule has 2 aromatic rings. The molecule has 1 aliphatic carbocycles. The third kappa shape index (κ3) is 2.81. The SMILES string of the molecule is CC1(C)CCC(C)(C)c2cc(Nc3ccccc3Br)ccc21. The second-order valence-corrected chi connectivity index (χ2v) is 8.49. The fraction of sp³-hybridized carbons (Fsp3) is 0.400. The van der Waals surface area contributed by atoms with Crippen molar-refractivity contribution in [1.29, 1.82) is 0 Å². The second kappa shape index (κ2) is 5.42. The standard InChI is InChI=1S/C20H24BrN/c1-19(2)11-12-20(3,4)16-13-14(9-10-15(16)19)22-18-8-6-5-7-17(18)21/h5-10,13,22H,11-12H2,1-4H3. The van der Waals surface area contributed by atoms with Crippen LogP contribution in [0.1, 0.15) is 51.7 Å². The van der Waals surface area contributed by atoms with Crippen LogP contribution >= 0.6 is 15.9 Å². The van der Waals surface area contributed by atoms with Gasteiger partial charge in [0.15, 0.2) is 0 Å². The van der Waals surface area contributed by atoms with Crippen LogP contribution in [-0.2, 0) is 10.8 Å². The van der Waals surface area contributed by atoms with E-state index in [1.165, 1.54) is 24.0 Å². The molecule has 0 atom stereocenters. The zero-order valence-corrected chi connectivity index (χ0v) is 15.4. The highest BCUT2D eigenvalue weighted by Gasteiger charge is 2.36. The van der Waals surface area contributed by atoms with Gasteiger partial charge in [-0.1, -0.05) is 45.9 Å². The Morgan fingerprint density at radius 1 is 0.864 bits per heavy atom. The normalized spacial score (nSPS) is 18.6. The first-order chi connectivity index (χ1) is 10.3. The lowest BCUT2D eigenvalue weighted by atomic mass is 9.63. The first-order valence-electron chi connectivity index (χ1n) is 7.96. The monoisotopic (exact) mass is 357 g/mol. The van der Waals surface area contributed by atoms with Gasteiger partial charge >= 0.3 is 0 Å². The van der Waals surface area contributed by atoms with Gasteiger partial charge in [-0.2, -0.15) is 0 Å². The zero-order chi connectivity index (χ0) is 16.0. The summed E-state index contributed by atoms with van der Waals surface area (Å²) in [4.78, 5) is 0. The van der Waals surface area contributed by atoms with Crippen LogP contribution in [0.25, 0.3) is 0 Å². The van der Waals surface area contributed by atoms with E-state index in [4.69, 9.17) is 0 Å². The van der Waals surface area contributed by atoms with E-state index in [9.17, 15) is 0 Å². The van der Waals surface area contributed by atoms with Gasteiger partial charge in [-0.25, -0.2) is 0 Å². The predicted octanol–water partition coefficient (Wildman–Crippen LogP) is 6.54. The number of hydrogen-bond acceptors (Lipinski definition) is 1. The highest BCUT2D eigenvalue weighted by molar-refractivity contribution is 9.10. The van der Waals surface area contributed by atoms with Gasteiger partial charge in [0.25, 0.3) is 0 Å². The predicted molar refractivity (Wildman–Crippen MR) is 99.2 cm³/mol. The maximum absolute atomic E-state index is 3.61. The minimum atomic E-state index is 0.246. The molecule has 0 bridgehead atoms. The number of nitrogens with one attached hydrogen (secondary N) is 1. The van der Waals surface area contributed by atoms with Gasteiger partial charge in [0.2, 0.25) is 0 Å². The molecule has 0 saturated heterocycles. The van der Waals surface area contributed by atoms with E-state index in [1.54, 1.807) is 0 Å². The second-order valence-electron chi connectivity index (χ2n) is 7.63. The third-order valence-corrected chi connectivity index (χ3v) is 5.70. The Morgan fingerprint density at radius 2 is 1.50 bits per heavy atom. The summed E-state index contributed by atoms with van der Waals surface area (Å²) in [6.07, 6.45) is 2.50. The van der Waals surface area contributed by atoms with E-state index in [0.29, 0.717) is 0 Å². The lowest BCUT2D eigenvalue weighted by molar-refractivity contribution is 0.332. The summed E-state index contributed by atoms with van der Waals surface area (Å²) in [5.41, 5.74) is 5.78. The molecule has 1 aliphatic rings. The Kier molecular flexibility index (Phi) is 3.84. The van der Waals surface area contributed by atoms with Crippen molar-refractivity contribution >= 4 is 27.3 Å². The maximum atomic E-state index is 3.61. The summed E-state index contributed by atoms with van der Waals surface area (Å²) in [6, 6.07) is 15.1. The number of anilines is 2. The van der Waals surface area contributed by atoms with Gasteiger partial charge in [0.05, 0.1) is 5.69 Å². The molecule has 2 aromatic carbocycles. The largest absolute Gasteiger partial charge is 0.355 e. The van der Waals surface area contributed by atoms with Crippen molar-refractivity contribution in [2.45, 2.75) is 51.4 Å². The molecule has 3 rings (SSSR count). The van der Waals surface area contributed by atoms with Crippen LogP contribution < -0.4 is 5.32 Å². The van der Waals surface area contributed by atoms with Crippen molar-refractivity contribution in [2.75, 3.05) is 5.32 Å². The molecule has 1 N–H and O–H groups in total. The van der Waals surface area contributed by atoms with Crippen LogP contribution in [0.5, 0.6) is 0 Å². The molecule has 22 heavy (non-hydrogen) atoms. The molecular formula is C20H24BrN. The van der Waals surface area contributed by atoms with E-state index in [0.717, 1.165) is 15.8 Å². The maximum Gasteiger partial charge on any atom is 0.0528 e. The smallest absolute Gasteiger partial charge is 0.0528 e. The Hall–Kier alpha value is -1.28. The highest BCUT2D eigenvalue weighted by Crippen LogP contribution is 2.46. The Bertz CT molecular complexity index is 701. The fourth-order valence-electron chi connectivity index (χ4n) is 3.38. The molecular weight excluding hydrogens is 334 g/mol. The molecule has 0 radical (unpaired) electrons. The third-order valence-electron chi connectivity index (χ3n) is 5.01. The quantitative estimate of drug-likeness (QED) is 0.642. The summed E-state index contributed by atoms with van der Waals surface area (Å²) in [5.74, 6) is 0. The fourth-order valence-corrected chi connectivity index (χ4v) is 3.77. The number of para-hydroxylation sites is 1. The number of hydrogen-bond donors (Lipinski definition) is 1. The van der Waals surface area contributed by atoms with Crippen molar-refractivity contribution in [1.82, 2.24) is 0 Å². The van der Waals surface area contributed by atoms with E-state index < -0.39 is 0 Å². The van der Waals surface area contributed by atoms with Crippen molar-refractivity contribution in [3.05, 3.63) is 58.1 Å². The topological polar surface area (TPSA) is 12.0 Å². The summed E-state index contributed by atoms with van der Waals surface area (Å²) in [6.45, 7) is 9.45. The van der Waals surface area contributed by atoms with Crippen molar-refractivity contribution < 1.29 is 0 Å². The summed E-state index contributed by atoms with van der Waals surface area (Å²) >= 11 is 3.61. The van der Waals surface area contributed by atoms with Crippen molar-refractivity contribution in [3.8, 4) is 0 Å². The molecule has 0 amide bonds. The molecule has 2 heteroatoms. The summed E-state index contributed by atoms with van der Waals surface area (Å²) in [7, 11) is 0. The first-order valence-corrected chi connectivity index (χ1v) is 8.75.